The van der Waals surface area contributed by atoms with Gasteiger partial charge in [-0.05, 0) is 38.3 Å². The third-order valence-corrected chi connectivity index (χ3v) is 4.90. The van der Waals surface area contributed by atoms with Gasteiger partial charge in [0.15, 0.2) is 17.5 Å². The van der Waals surface area contributed by atoms with E-state index < -0.39 is 11.6 Å². The van der Waals surface area contributed by atoms with Gasteiger partial charge in [-0.2, -0.15) is 0 Å². The normalized spacial score (nSPS) is 14.2. The van der Waals surface area contributed by atoms with Gasteiger partial charge in [-0.15, -0.1) is 10.2 Å². The highest BCUT2D eigenvalue weighted by molar-refractivity contribution is 5.79. The van der Waals surface area contributed by atoms with Gasteiger partial charge in [0.25, 0.3) is 0 Å². The minimum atomic E-state index is -0.707. The number of nitrogens with one attached hydrogen (secondary N) is 2. The monoisotopic (exact) mass is 420 g/mol. The first-order valence-corrected chi connectivity index (χ1v) is 10.7. The summed E-state index contributed by atoms with van der Waals surface area (Å²) in [5, 5.41) is 15.0. The van der Waals surface area contributed by atoms with Crippen LogP contribution >= 0.6 is 0 Å². The van der Waals surface area contributed by atoms with Crippen molar-refractivity contribution in [3.8, 4) is 5.75 Å². The van der Waals surface area contributed by atoms with Crippen molar-refractivity contribution in [2.45, 2.75) is 52.0 Å². The van der Waals surface area contributed by atoms with Crippen molar-refractivity contribution in [2.24, 2.45) is 4.99 Å². The summed E-state index contributed by atoms with van der Waals surface area (Å²) in [5.74, 6) is 1.55. The fraction of sp³-hybridized carbons (Fsp3) is 0.571. The second kappa shape index (κ2) is 11.5. The van der Waals surface area contributed by atoms with E-state index >= 15 is 0 Å². The largest absolute Gasteiger partial charge is 0.489 e. The second-order valence-electron chi connectivity index (χ2n) is 7.21. The van der Waals surface area contributed by atoms with Gasteiger partial charge >= 0.3 is 0 Å². The average Bonchev–Trinajstić information content (AvgIpc) is 2.95. The van der Waals surface area contributed by atoms with Crippen molar-refractivity contribution in [3.05, 3.63) is 41.5 Å². The molecule has 0 bridgehead atoms. The quantitative estimate of drug-likeness (QED) is 0.371. The molecule has 1 aliphatic rings. The first-order valence-electron chi connectivity index (χ1n) is 10.7. The Kier molecular flexibility index (Phi) is 8.41. The molecule has 164 valence electrons. The number of aliphatic imine (C=N–C) groups is 1. The van der Waals surface area contributed by atoms with Crippen LogP contribution in [-0.2, 0) is 19.4 Å². The van der Waals surface area contributed by atoms with Gasteiger partial charge in [0, 0.05) is 38.5 Å². The number of ether oxygens (including phenoxy) is 1. The Morgan fingerprint density at radius 1 is 1.20 bits per heavy atom. The fourth-order valence-corrected chi connectivity index (χ4v) is 3.42. The number of rotatable bonds is 9. The van der Waals surface area contributed by atoms with Crippen LogP contribution in [0.25, 0.3) is 0 Å². The zero-order chi connectivity index (χ0) is 21.2. The first kappa shape index (κ1) is 22.0. The number of aryl methyl sites for hydroxylation is 2. The van der Waals surface area contributed by atoms with E-state index in [4.69, 9.17) is 4.74 Å². The summed E-state index contributed by atoms with van der Waals surface area (Å²) < 4.78 is 34.1. The molecule has 0 saturated heterocycles. The Labute approximate surface area is 175 Å². The third kappa shape index (κ3) is 6.40. The Balaban J connectivity index is 1.41. The molecule has 9 heteroatoms. The number of nitrogens with zero attached hydrogens (tertiary/aromatic N) is 4. The minimum absolute atomic E-state index is 0.0348. The van der Waals surface area contributed by atoms with Gasteiger partial charge in [0.1, 0.15) is 24.1 Å². The molecule has 7 nitrogen and oxygen atoms in total. The molecule has 0 unspecified atom stereocenters. The first-order chi connectivity index (χ1) is 14.7. The van der Waals surface area contributed by atoms with Crippen molar-refractivity contribution >= 4 is 5.96 Å². The maximum Gasteiger partial charge on any atom is 0.191 e. The molecule has 1 aliphatic heterocycles. The molecule has 0 radical (unpaired) electrons. The third-order valence-electron chi connectivity index (χ3n) is 4.90. The predicted molar refractivity (Wildman–Crippen MR) is 112 cm³/mol. The highest BCUT2D eigenvalue weighted by atomic mass is 19.1. The number of benzene rings is 1. The fourth-order valence-electron chi connectivity index (χ4n) is 3.42. The topological polar surface area (TPSA) is 76.4 Å². The number of hydrogen-bond acceptors (Lipinski definition) is 4. The Morgan fingerprint density at radius 3 is 2.93 bits per heavy atom. The van der Waals surface area contributed by atoms with E-state index in [1.165, 1.54) is 31.4 Å². The number of fused-ring (bicyclic) bond motifs is 1. The molecule has 0 saturated carbocycles. The predicted octanol–water partition coefficient (Wildman–Crippen LogP) is 2.85. The lowest BCUT2D eigenvalue weighted by molar-refractivity contribution is 0.304. The minimum Gasteiger partial charge on any atom is -0.489 e. The van der Waals surface area contributed by atoms with Crippen molar-refractivity contribution < 1.29 is 13.5 Å². The zero-order valence-electron chi connectivity index (χ0n) is 17.5. The van der Waals surface area contributed by atoms with E-state index in [0.717, 1.165) is 50.1 Å². The molecule has 1 aromatic carbocycles. The van der Waals surface area contributed by atoms with Crippen LogP contribution in [0.1, 0.15) is 44.3 Å². The number of halogens is 2. The van der Waals surface area contributed by atoms with Crippen LogP contribution in [0.5, 0.6) is 5.75 Å². The average molecular weight is 421 g/mol. The van der Waals surface area contributed by atoms with Gasteiger partial charge in [-0.1, -0.05) is 6.42 Å². The lowest BCUT2D eigenvalue weighted by Gasteiger charge is -2.12. The molecule has 0 aliphatic carbocycles. The Morgan fingerprint density at radius 2 is 2.10 bits per heavy atom. The van der Waals surface area contributed by atoms with Crippen LogP contribution in [0.15, 0.2) is 23.2 Å². The van der Waals surface area contributed by atoms with E-state index in [0.29, 0.717) is 19.0 Å². The van der Waals surface area contributed by atoms with Gasteiger partial charge < -0.3 is 19.9 Å². The van der Waals surface area contributed by atoms with Crippen molar-refractivity contribution in [2.75, 3.05) is 26.2 Å². The van der Waals surface area contributed by atoms with Crippen LogP contribution in [0.4, 0.5) is 8.78 Å². The van der Waals surface area contributed by atoms with Crippen molar-refractivity contribution in [3.63, 3.8) is 0 Å². The summed E-state index contributed by atoms with van der Waals surface area (Å²) >= 11 is 0. The molecule has 0 amide bonds. The molecule has 0 atom stereocenters. The highest BCUT2D eigenvalue weighted by Gasteiger charge is 2.14. The van der Waals surface area contributed by atoms with Crippen molar-refractivity contribution in [1.29, 1.82) is 0 Å². The van der Waals surface area contributed by atoms with Gasteiger partial charge in [0.2, 0.25) is 0 Å². The molecule has 30 heavy (non-hydrogen) atoms. The Hall–Kier alpha value is -2.71. The SMILES string of the molecule is CCNC(=NCCCc1nnc2n1CCCCC2)NCCOc1ccc(F)cc1F. The molecule has 2 N–H and O–H groups in total. The summed E-state index contributed by atoms with van der Waals surface area (Å²) in [7, 11) is 0. The number of guanidine groups is 1. The smallest absolute Gasteiger partial charge is 0.191 e. The molecular formula is C21H30F2N6O. The van der Waals surface area contributed by atoms with E-state index in [2.05, 4.69) is 30.4 Å². The molecular weight excluding hydrogens is 390 g/mol. The molecule has 1 aromatic heterocycles. The lowest BCUT2D eigenvalue weighted by Crippen LogP contribution is -2.39. The summed E-state index contributed by atoms with van der Waals surface area (Å²) in [6.07, 6.45) is 6.38. The second-order valence-corrected chi connectivity index (χ2v) is 7.21. The maximum absolute atomic E-state index is 13.6. The van der Waals surface area contributed by atoms with Crippen LogP contribution in [0.3, 0.4) is 0 Å². The summed E-state index contributed by atoms with van der Waals surface area (Å²) in [6, 6.07) is 3.27. The molecule has 0 spiro atoms. The van der Waals surface area contributed by atoms with Gasteiger partial charge in [0.05, 0.1) is 6.54 Å². The maximum atomic E-state index is 13.6. The number of hydrogen-bond donors (Lipinski definition) is 2. The highest BCUT2D eigenvalue weighted by Crippen LogP contribution is 2.17. The van der Waals surface area contributed by atoms with E-state index in [1.807, 2.05) is 6.92 Å². The van der Waals surface area contributed by atoms with E-state index in [9.17, 15) is 8.78 Å². The molecule has 3 rings (SSSR count). The summed E-state index contributed by atoms with van der Waals surface area (Å²) in [5.41, 5.74) is 0. The Bertz CT molecular complexity index is 839. The van der Waals surface area contributed by atoms with Gasteiger partial charge in [-0.25, -0.2) is 8.78 Å². The van der Waals surface area contributed by atoms with E-state index in [-0.39, 0.29) is 12.4 Å². The zero-order valence-corrected chi connectivity index (χ0v) is 17.5. The summed E-state index contributed by atoms with van der Waals surface area (Å²) in [4.78, 5) is 4.57. The lowest BCUT2D eigenvalue weighted by atomic mass is 10.2. The van der Waals surface area contributed by atoms with Gasteiger partial charge in [-0.3, -0.25) is 4.99 Å². The molecule has 2 heterocycles. The van der Waals surface area contributed by atoms with Crippen LogP contribution in [0, 0.1) is 11.6 Å². The van der Waals surface area contributed by atoms with Crippen LogP contribution < -0.4 is 15.4 Å². The molecule has 2 aromatic rings. The van der Waals surface area contributed by atoms with Crippen LogP contribution in [0.2, 0.25) is 0 Å². The van der Waals surface area contributed by atoms with Crippen molar-refractivity contribution in [1.82, 2.24) is 25.4 Å². The number of aromatic nitrogens is 3. The van der Waals surface area contributed by atoms with Crippen LogP contribution in [-0.4, -0.2) is 47.0 Å². The standard InChI is InChI=1S/C21H30F2N6O/c1-2-24-21(26-12-14-30-18-10-9-16(22)15-17(18)23)25-11-6-8-20-28-27-19-7-4-3-5-13-29(19)20/h9-10,15H,2-8,11-14H2,1H3,(H2,24,25,26). The van der Waals surface area contributed by atoms with E-state index in [1.54, 1.807) is 0 Å². The molecule has 0 fully saturated rings. The summed E-state index contributed by atoms with van der Waals surface area (Å²) in [6.45, 7) is 5.08.